The van der Waals surface area contributed by atoms with Crippen molar-refractivity contribution in [1.82, 2.24) is 5.32 Å². The van der Waals surface area contributed by atoms with Gasteiger partial charge in [-0.3, -0.25) is 10.1 Å². The second kappa shape index (κ2) is 6.09. The van der Waals surface area contributed by atoms with Crippen LogP contribution in [0, 0.1) is 10.1 Å². The molecule has 0 spiro atoms. The minimum absolute atomic E-state index is 0.209. The minimum atomic E-state index is -0.347. The minimum Gasteiger partial charge on any atom is -0.378 e. The number of rotatable bonds is 6. The Labute approximate surface area is 104 Å². The maximum atomic E-state index is 10.5. The van der Waals surface area contributed by atoms with E-state index in [0.717, 1.165) is 30.9 Å². The van der Waals surface area contributed by atoms with Gasteiger partial charge in [-0.1, -0.05) is 11.3 Å². The van der Waals surface area contributed by atoms with Gasteiger partial charge in [0.1, 0.15) is 0 Å². The van der Waals surface area contributed by atoms with E-state index in [1.807, 2.05) is 6.07 Å². The van der Waals surface area contributed by atoms with Gasteiger partial charge in [0.2, 0.25) is 0 Å². The number of nitrogens with zero attached hydrogens (tertiary/aromatic N) is 1. The van der Waals surface area contributed by atoms with Gasteiger partial charge in [0.05, 0.1) is 11.0 Å². The van der Waals surface area contributed by atoms with Gasteiger partial charge in [0, 0.05) is 24.1 Å². The lowest BCUT2D eigenvalue weighted by Crippen LogP contribution is -2.19. The summed E-state index contributed by atoms with van der Waals surface area (Å²) in [4.78, 5) is 11.2. The van der Waals surface area contributed by atoms with E-state index in [9.17, 15) is 10.1 Å². The molecule has 1 fully saturated rings. The lowest BCUT2D eigenvalue weighted by molar-refractivity contribution is -0.380. The molecule has 0 bridgehead atoms. The zero-order valence-electron chi connectivity index (χ0n) is 9.55. The lowest BCUT2D eigenvalue weighted by Gasteiger charge is -2.09. The van der Waals surface area contributed by atoms with E-state index in [0.29, 0.717) is 12.6 Å². The monoisotopic (exact) mass is 256 g/mol. The SMILES string of the molecule is O=[N+]([O-])c1ccc(CNCCC2CCCO2)s1. The maximum absolute atomic E-state index is 10.5. The van der Waals surface area contributed by atoms with Gasteiger partial charge in [0.25, 0.3) is 0 Å². The Hall–Kier alpha value is -0.980. The average molecular weight is 256 g/mol. The van der Waals surface area contributed by atoms with Crippen molar-refractivity contribution in [2.75, 3.05) is 13.2 Å². The first-order valence-electron chi connectivity index (χ1n) is 5.81. The quantitative estimate of drug-likeness (QED) is 0.482. The van der Waals surface area contributed by atoms with E-state index in [2.05, 4.69) is 5.32 Å². The molecule has 5 nitrogen and oxygen atoms in total. The summed E-state index contributed by atoms with van der Waals surface area (Å²) in [6.07, 6.45) is 3.75. The molecule has 1 aliphatic rings. The Bertz CT molecular complexity index is 375. The van der Waals surface area contributed by atoms with E-state index in [4.69, 9.17) is 4.74 Å². The third kappa shape index (κ3) is 3.76. The van der Waals surface area contributed by atoms with Crippen molar-refractivity contribution in [3.05, 3.63) is 27.1 Å². The van der Waals surface area contributed by atoms with Crippen LogP contribution in [0.5, 0.6) is 0 Å². The van der Waals surface area contributed by atoms with Gasteiger partial charge in [-0.05, 0) is 31.9 Å². The van der Waals surface area contributed by atoms with Crippen LogP contribution in [0.2, 0.25) is 0 Å². The Kier molecular flexibility index (Phi) is 4.47. The van der Waals surface area contributed by atoms with Gasteiger partial charge in [-0.25, -0.2) is 0 Å². The molecule has 94 valence electrons. The molecule has 0 aliphatic carbocycles. The molecular formula is C11H16N2O3S. The van der Waals surface area contributed by atoms with Crippen molar-refractivity contribution in [3.63, 3.8) is 0 Å². The molecule has 0 amide bonds. The van der Waals surface area contributed by atoms with Gasteiger partial charge < -0.3 is 10.1 Å². The van der Waals surface area contributed by atoms with Gasteiger partial charge in [-0.2, -0.15) is 0 Å². The molecule has 1 unspecified atom stereocenters. The summed E-state index contributed by atoms with van der Waals surface area (Å²) in [5.41, 5.74) is 0. The van der Waals surface area contributed by atoms with Crippen molar-refractivity contribution < 1.29 is 9.66 Å². The summed E-state index contributed by atoms with van der Waals surface area (Å²) in [6.45, 7) is 2.49. The molecule has 1 N–H and O–H groups in total. The number of nitrogens with one attached hydrogen (secondary N) is 1. The van der Waals surface area contributed by atoms with Gasteiger partial charge >= 0.3 is 5.00 Å². The van der Waals surface area contributed by atoms with E-state index >= 15 is 0 Å². The summed E-state index contributed by atoms with van der Waals surface area (Å²) in [5, 5.41) is 14.0. The molecule has 1 aromatic heterocycles. The molecule has 6 heteroatoms. The standard InChI is InChI=1S/C11H16N2O3S/c14-13(15)11-4-3-10(17-11)8-12-6-5-9-2-1-7-16-9/h3-4,9,12H,1-2,5-8H2. The molecule has 0 aromatic carbocycles. The van der Waals surface area contributed by atoms with Crippen molar-refractivity contribution in [1.29, 1.82) is 0 Å². The van der Waals surface area contributed by atoms with Crippen LogP contribution in [0.1, 0.15) is 24.1 Å². The largest absolute Gasteiger partial charge is 0.378 e. The molecule has 1 atom stereocenters. The third-order valence-electron chi connectivity index (χ3n) is 2.79. The fraction of sp³-hybridized carbons (Fsp3) is 0.636. The Morgan fingerprint density at radius 2 is 2.47 bits per heavy atom. The number of hydrogen-bond acceptors (Lipinski definition) is 5. The molecule has 2 heterocycles. The highest BCUT2D eigenvalue weighted by Crippen LogP contribution is 2.23. The first-order chi connectivity index (χ1) is 8.25. The summed E-state index contributed by atoms with van der Waals surface area (Å²) in [6, 6.07) is 3.36. The first-order valence-corrected chi connectivity index (χ1v) is 6.63. The van der Waals surface area contributed by atoms with Crippen molar-refractivity contribution in [3.8, 4) is 0 Å². The van der Waals surface area contributed by atoms with Gasteiger partial charge in [-0.15, -0.1) is 0 Å². The summed E-state index contributed by atoms with van der Waals surface area (Å²) in [5.74, 6) is 0. The summed E-state index contributed by atoms with van der Waals surface area (Å²) >= 11 is 1.23. The zero-order chi connectivity index (χ0) is 12.1. The molecule has 1 aliphatic heterocycles. The van der Waals surface area contributed by atoms with Crippen molar-refractivity contribution in [2.24, 2.45) is 0 Å². The molecule has 0 saturated carbocycles. The smallest absolute Gasteiger partial charge is 0.324 e. The molecule has 2 rings (SSSR count). The fourth-order valence-electron chi connectivity index (χ4n) is 1.91. The molecule has 0 radical (unpaired) electrons. The normalized spacial score (nSPS) is 19.6. The Morgan fingerprint density at radius 1 is 1.59 bits per heavy atom. The highest BCUT2D eigenvalue weighted by atomic mass is 32.1. The van der Waals surface area contributed by atoms with Crippen molar-refractivity contribution >= 4 is 16.3 Å². The molecule has 1 saturated heterocycles. The van der Waals surface area contributed by atoms with Gasteiger partial charge in [0.15, 0.2) is 0 Å². The fourth-order valence-corrected chi connectivity index (χ4v) is 2.70. The topological polar surface area (TPSA) is 64.4 Å². The van der Waals surface area contributed by atoms with Crippen LogP contribution in [0.15, 0.2) is 12.1 Å². The summed E-state index contributed by atoms with van der Waals surface area (Å²) < 4.78 is 5.51. The maximum Gasteiger partial charge on any atom is 0.324 e. The Balaban J connectivity index is 1.65. The van der Waals surface area contributed by atoms with Crippen LogP contribution >= 0.6 is 11.3 Å². The number of nitro groups is 1. The number of hydrogen-bond donors (Lipinski definition) is 1. The van der Waals surface area contributed by atoms with Crippen LogP contribution < -0.4 is 5.32 Å². The first kappa shape index (κ1) is 12.5. The van der Waals surface area contributed by atoms with Crippen LogP contribution in [-0.4, -0.2) is 24.2 Å². The molecular weight excluding hydrogens is 240 g/mol. The third-order valence-corrected chi connectivity index (χ3v) is 3.83. The van der Waals surface area contributed by atoms with Crippen LogP contribution in [0.3, 0.4) is 0 Å². The highest BCUT2D eigenvalue weighted by molar-refractivity contribution is 7.15. The highest BCUT2D eigenvalue weighted by Gasteiger charge is 2.14. The Morgan fingerprint density at radius 3 is 3.12 bits per heavy atom. The van der Waals surface area contributed by atoms with E-state index in [1.165, 1.54) is 17.8 Å². The predicted molar refractivity (Wildman–Crippen MR) is 66.3 cm³/mol. The van der Waals surface area contributed by atoms with Crippen molar-refractivity contribution in [2.45, 2.75) is 31.9 Å². The predicted octanol–water partition coefficient (Wildman–Crippen LogP) is 2.32. The average Bonchev–Trinajstić information content (AvgIpc) is 2.96. The van der Waals surface area contributed by atoms with E-state index in [-0.39, 0.29) is 9.92 Å². The van der Waals surface area contributed by atoms with Crippen LogP contribution in [0.25, 0.3) is 0 Å². The van der Waals surface area contributed by atoms with Crippen LogP contribution in [0.4, 0.5) is 5.00 Å². The molecule has 17 heavy (non-hydrogen) atoms. The number of thiophene rings is 1. The molecule has 1 aromatic rings. The zero-order valence-corrected chi connectivity index (χ0v) is 10.4. The van der Waals surface area contributed by atoms with E-state index < -0.39 is 0 Å². The van der Waals surface area contributed by atoms with E-state index in [1.54, 1.807) is 6.07 Å². The second-order valence-corrected chi connectivity index (χ2v) is 5.24. The number of ether oxygens (including phenoxy) is 1. The second-order valence-electron chi connectivity index (χ2n) is 4.10. The summed E-state index contributed by atoms with van der Waals surface area (Å²) in [7, 11) is 0. The lowest BCUT2D eigenvalue weighted by atomic mass is 10.2. The van der Waals surface area contributed by atoms with Crippen LogP contribution in [-0.2, 0) is 11.3 Å².